The van der Waals surface area contributed by atoms with Crippen molar-refractivity contribution in [1.82, 2.24) is 18.7 Å². The Morgan fingerprint density at radius 3 is 1.44 bits per heavy atom. The van der Waals surface area contributed by atoms with Gasteiger partial charge in [-0.05, 0) is 48.5 Å². The molecule has 0 atom stereocenters. The largest absolute Gasteiger partial charge is 0.337 e. The van der Waals surface area contributed by atoms with Crippen LogP contribution in [0.15, 0.2) is 57.5 Å². The number of rotatable bonds is 4. The Bertz CT molecular complexity index is 936. The summed E-state index contributed by atoms with van der Waals surface area (Å²) >= 11 is 7.96. The van der Waals surface area contributed by atoms with Gasteiger partial charge >= 0.3 is 0 Å². The number of hydrogen-bond donors (Lipinski definition) is 2. The molecular weight excluding hydrogens is 468 g/mol. The third-order valence-corrected chi connectivity index (χ3v) is 4.89. The lowest BCUT2D eigenvalue weighted by Gasteiger charge is -2.12. The van der Waals surface area contributed by atoms with Crippen LogP contribution in [0.25, 0.3) is 11.3 Å². The van der Waals surface area contributed by atoms with Gasteiger partial charge in [0.25, 0.3) is 0 Å². The number of nitrogens with zero attached hydrogens (tertiary/aromatic N) is 4. The van der Waals surface area contributed by atoms with E-state index in [0.717, 1.165) is 32.0 Å². The summed E-state index contributed by atoms with van der Waals surface area (Å²) in [4.78, 5) is 9.09. The highest BCUT2D eigenvalue weighted by Crippen LogP contribution is 2.28. The van der Waals surface area contributed by atoms with Gasteiger partial charge in [-0.15, -0.1) is 0 Å². The van der Waals surface area contributed by atoms with E-state index in [1.807, 2.05) is 48.5 Å². The minimum absolute atomic E-state index is 0.519. The first kappa shape index (κ1) is 16.4. The van der Waals surface area contributed by atoms with Gasteiger partial charge in [0.2, 0.25) is 11.3 Å². The standard InChI is InChI=1S/C16H10Br2N6S/c17-9-1-5-11(6-2-9)19-13-14(20-12-7-3-10(18)4-8-12)22-16-15(21-13)23-25-24-16/h1-8H,(H,19,21,23)(H,20,22,24). The smallest absolute Gasteiger partial charge is 0.214 e. The molecule has 4 aromatic rings. The Labute approximate surface area is 164 Å². The number of benzene rings is 2. The van der Waals surface area contributed by atoms with Crippen LogP contribution in [0.1, 0.15) is 0 Å². The van der Waals surface area contributed by atoms with Gasteiger partial charge in [-0.2, -0.15) is 8.75 Å². The molecule has 0 aliphatic rings. The summed E-state index contributed by atoms with van der Waals surface area (Å²) in [5.41, 5.74) is 2.84. The third-order valence-electron chi connectivity index (χ3n) is 3.33. The molecule has 4 rings (SSSR count). The zero-order valence-electron chi connectivity index (χ0n) is 12.6. The predicted octanol–water partition coefficient (Wildman–Crippen LogP) is 5.49. The molecule has 124 valence electrons. The number of halogens is 2. The van der Waals surface area contributed by atoms with Crippen LogP contribution in [-0.4, -0.2) is 18.7 Å². The van der Waals surface area contributed by atoms with Gasteiger partial charge in [0.15, 0.2) is 11.6 Å². The fourth-order valence-corrected chi connectivity index (χ4v) is 3.12. The first-order valence-electron chi connectivity index (χ1n) is 7.23. The van der Waals surface area contributed by atoms with Gasteiger partial charge in [-0.25, -0.2) is 9.97 Å². The summed E-state index contributed by atoms with van der Waals surface area (Å²) in [7, 11) is 0. The van der Waals surface area contributed by atoms with Gasteiger partial charge in [0, 0.05) is 20.3 Å². The average molecular weight is 478 g/mol. The first-order valence-corrected chi connectivity index (χ1v) is 9.54. The van der Waals surface area contributed by atoms with Gasteiger partial charge in [-0.1, -0.05) is 31.9 Å². The lowest BCUT2D eigenvalue weighted by atomic mass is 10.3. The fraction of sp³-hybridized carbons (Fsp3) is 0. The number of fused-ring (bicyclic) bond motifs is 1. The molecule has 0 spiro atoms. The van der Waals surface area contributed by atoms with E-state index in [-0.39, 0.29) is 0 Å². The van der Waals surface area contributed by atoms with E-state index in [4.69, 9.17) is 0 Å². The second kappa shape index (κ2) is 7.03. The summed E-state index contributed by atoms with van der Waals surface area (Å²) in [6, 6.07) is 15.7. The summed E-state index contributed by atoms with van der Waals surface area (Å²) in [5.74, 6) is 1.18. The maximum absolute atomic E-state index is 4.55. The van der Waals surface area contributed by atoms with Gasteiger partial charge in [-0.3, -0.25) is 0 Å². The van der Waals surface area contributed by atoms with Crippen molar-refractivity contribution < 1.29 is 0 Å². The fourth-order valence-electron chi connectivity index (χ4n) is 2.15. The second-order valence-electron chi connectivity index (χ2n) is 5.10. The van der Waals surface area contributed by atoms with Crippen LogP contribution in [0.4, 0.5) is 23.0 Å². The lowest BCUT2D eigenvalue weighted by Crippen LogP contribution is -2.03. The van der Waals surface area contributed by atoms with E-state index in [2.05, 4.69) is 61.2 Å². The van der Waals surface area contributed by atoms with Crippen LogP contribution in [-0.2, 0) is 0 Å². The molecule has 0 bridgehead atoms. The van der Waals surface area contributed by atoms with Crippen molar-refractivity contribution in [2.75, 3.05) is 10.6 Å². The molecule has 2 aromatic carbocycles. The molecule has 0 unspecified atom stereocenters. The van der Waals surface area contributed by atoms with Crippen molar-refractivity contribution in [3.05, 3.63) is 57.5 Å². The zero-order chi connectivity index (χ0) is 17.2. The summed E-state index contributed by atoms with van der Waals surface area (Å²) in [5, 5.41) is 6.57. The van der Waals surface area contributed by atoms with Gasteiger partial charge < -0.3 is 10.6 Å². The number of nitrogens with one attached hydrogen (secondary N) is 2. The Kier molecular flexibility index (Phi) is 4.60. The quantitative estimate of drug-likeness (QED) is 0.404. The summed E-state index contributed by atoms with van der Waals surface area (Å²) in [6.45, 7) is 0. The number of aromatic nitrogens is 4. The first-order chi connectivity index (χ1) is 12.2. The van der Waals surface area contributed by atoms with Crippen LogP contribution in [0, 0.1) is 0 Å². The Balaban J connectivity index is 1.72. The molecule has 25 heavy (non-hydrogen) atoms. The van der Waals surface area contributed by atoms with Crippen LogP contribution < -0.4 is 10.6 Å². The normalized spacial score (nSPS) is 10.8. The zero-order valence-corrected chi connectivity index (χ0v) is 16.6. The maximum atomic E-state index is 4.55. The molecule has 0 aliphatic carbocycles. The van der Waals surface area contributed by atoms with Crippen molar-refractivity contribution >= 4 is 77.9 Å². The van der Waals surface area contributed by atoms with Crippen molar-refractivity contribution in [3.63, 3.8) is 0 Å². The highest BCUT2D eigenvalue weighted by Gasteiger charge is 2.12. The molecule has 6 nitrogen and oxygen atoms in total. The molecule has 2 heterocycles. The lowest BCUT2D eigenvalue weighted by molar-refractivity contribution is 1.24. The van der Waals surface area contributed by atoms with E-state index in [9.17, 15) is 0 Å². The highest BCUT2D eigenvalue weighted by molar-refractivity contribution is 9.10. The third kappa shape index (κ3) is 3.78. The summed E-state index contributed by atoms with van der Waals surface area (Å²) in [6.07, 6.45) is 0. The monoisotopic (exact) mass is 476 g/mol. The topological polar surface area (TPSA) is 75.6 Å². The Hall–Kier alpha value is -2.10. The highest BCUT2D eigenvalue weighted by atomic mass is 79.9. The van der Waals surface area contributed by atoms with E-state index in [1.54, 1.807) is 0 Å². The molecule has 0 saturated carbocycles. The van der Waals surface area contributed by atoms with E-state index >= 15 is 0 Å². The van der Waals surface area contributed by atoms with Crippen molar-refractivity contribution in [1.29, 1.82) is 0 Å². The molecule has 9 heteroatoms. The molecule has 0 fully saturated rings. The second-order valence-corrected chi connectivity index (χ2v) is 7.46. The minimum Gasteiger partial charge on any atom is -0.337 e. The van der Waals surface area contributed by atoms with Crippen molar-refractivity contribution in [2.45, 2.75) is 0 Å². The van der Waals surface area contributed by atoms with Crippen molar-refractivity contribution in [2.24, 2.45) is 0 Å². The molecule has 0 aliphatic heterocycles. The van der Waals surface area contributed by atoms with Crippen LogP contribution in [0.5, 0.6) is 0 Å². The Morgan fingerprint density at radius 2 is 1.04 bits per heavy atom. The maximum Gasteiger partial charge on any atom is 0.214 e. The number of anilines is 4. The van der Waals surface area contributed by atoms with Crippen molar-refractivity contribution in [3.8, 4) is 0 Å². The average Bonchev–Trinajstić information content (AvgIpc) is 3.06. The molecular formula is C16H10Br2N6S. The molecule has 0 radical (unpaired) electrons. The Morgan fingerprint density at radius 1 is 0.640 bits per heavy atom. The molecule has 0 saturated heterocycles. The predicted molar refractivity (Wildman–Crippen MR) is 108 cm³/mol. The van der Waals surface area contributed by atoms with E-state index in [0.29, 0.717) is 22.9 Å². The number of hydrogen-bond acceptors (Lipinski definition) is 7. The van der Waals surface area contributed by atoms with Gasteiger partial charge in [0.1, 0.15) is 0 Å². The van der Waals surface area contributed by atoms with E-state index in [1.165, 1.54) is 0 Å². The van der Waals surface area contributed by atoms with E-state index < -0.39 is 0 Å². The van der Waals surface area contributed by atoms with Crippen LogP contribution in [0.3, 0.4) is 0 Å². The van der Waals surface area contributed by atoms with Crippen LogP contribution >= 0.6 is 43.6 Å². The molecule has 0 amide bonds. The SMILES string of the molecule is Brc1ccc(Nc2nc3nsnc3nc2Nc2ccc(Br)cc2)cc1. The molecule has 2 aromatic heterocycles. The van der Waals surface area contributed by atoms with Gasteiger partial charge in [0.05, 0.1) is 11.7 Å². The summed E-state index contributed by atoms with van der Waals surface area (Å²) < 4.78 is 10.4. The molecule has 2 N–H and O–H groups in total. The minimum atomic E-state index is 0.519. The van der Waals surface area contributed by atoms with Crippen LogP contribution in [0.2, 0.25) is 0 Å².